The molecule has 0 saturated heterocycles. The third-order valence-electron chi connectivity index (χ3n) is 1.25. The Morgan fingerprint density at radius 2 is 2.00 bits per heavy atom. The normalized spacial score (nSPS) is 11.9. The highest BCUT2D eigenvalue weighted by Crippen LogP contribution is 2.25. The van der Waals surface area contributed by atoms with Crippen molar-refractivity contribution in [2.75, 3.05) is 0 Å². The Morgan fingerprint density at radius 1 is 1.31 bits per heavy atom. The lowest BCUT2D eigenvalue weighted by Crippen LogP contribution is -1.77. The predicted octanol–water partition coefficient (Wildman–Crippen LogP) is 4.11. The molecule has 0 radical (unpaired) electrons. The maximum absolute atomic E-state index is 5.37. The molecule has 0 fully saturated rings. The van der Waals surface area contributed by atoms with E-state index >= 15 is 0 Å². The molecule has 0 aliphatic carbocycles. The fraction of sp³-hybridized carbons (Fsp3) is 0.333. The Labute approximate surface area is 82.5 Å². The van der Waals surface area contributed by atoms with Crippen LogP contribution in [-0.2, 0) is 0 Å². The Bertz CT molecular complexity index is 262. The van der Waals surface area contributed by atoms with Crippen molar-refractivity contribution in [2.24, 2.45) is 4.52 Å². The highest BCUT2D eigenvalue weighted by molar-refractivity contribution is 7.44. The maximum Gasteiger partial charge on any atom is 0.245 e. The summed E-state index contributed by atoms with van der Waals surface area (Å²) < 4.78 is 9.61. The number of nitrogens with zero attached hydrogens (tertiary/aromatic N) is 1. The fourth-order valence-corrected chi connectivity index (χ4v) is 2.18. The van der Waals surface area contributed by atoms with Crippen LogP contribution in [0.5, 0.6) is 5.75 Å². The molecule has 0 aliphatic heterocycles. The van der Waals surface area contributed by atoms with Gasteiger partial charge in [-0.25, -0.2) is 4.52 Å². The van der Waals surface area contributed by atoms with Gasteiger partial charge >= 0.3 is 0 Å². The largest absolute Gasteiger partial charge is 0.423 e. The molecule has 0 spiro atoms. The molecule has 0 amide bonds. The molecule has 1 rings (SSSR count). The van der Waals surface area contributed by atoms with Crippen LogP contribution in [0.1, 0.15) is 13.8 Å². The standard InChI is InChI=1S/C9H13NOP2/c1-8(2)12-10-13-11-9-6-4-3-5-7-9/h3-8,12H,1-2H3. The van der Waals surface area contributed by atoms with Gasteiger partial charge < -0.3 is 4.52 Å². The Kier molecular flexibility index (Phi) is 4.97. The summed E-state index contributed by atoms with van der Waals surface area (Å²) in [5.41, 5.74) is 0.631. The van der Waals surface area contributed by atoms with E-state index < -0.39 is 0 Å². The first-order chi connectivity index (χ1) is 6.29. The van der Waals surface area contributed by atoms with Gasteiger partial charge in [-0.3, -0.25) is 0 Å². The Balaban J connectivity index is 2.31. The minimum absolute atomic E-state index is 0.628. The van der Waals surface area contributed by atoms with Crippen molar-refractivity contribution in [2.45, 2.75) is 19.5 Å². The van der Waals surface area contributed by atoms with E-state index in [-0.39, 0.29) is 0 Å². The highest BCUT2D eigenvalue weighted by Gasteiger charge is 1.90. The summed E-state index contributed by atoms with van der Waals surface area (Å²) in [4.78, 5) is 0. The quantitative estimate of drug-likeness (QED) is 0.689. The summed E-state index contributed by atoms with van der Waals surface area (Å²) in [7, 11) is 1.33. The van der Waals surface area contributed by atoms with Gasteiger partial charge in [-0.2, -0.15) is 0 Å². The molecule has 4 heteroatoms. The third-order valence-corrected chi connectivity index (χ3v) is 2.84. The lowest BCUT2D eigenvalue weighted by molar-refractivity contribution is 0.639. The topological polar surface area (TPSA) is 21.6 Å². The van der Waals surface area contributed by atoms with Gasteiger partial charge in [-0.05, 0) is 17.8 Å². The van der Waals surface area contributed by atoms with Gasteiger partial charge in [0.2, 0.25) is 8.60 Å². The van der Waals surface area contributed by atoms with E-state index in [0.29, 0.717) is 23.0 Å². The molecule has 0 heterocycles. The number of para-hydroxylation sites is 1. The average Bonchev–Trinajstić information content (AvgIpc) is 2.14. The number of hydrogen-bond acceptors (Lipinski definition) is 2. The van der Waals surface area contributed by atoms with Gasteiger partial charge in [0, 0.05) is 8.73 Å². The van der Waals surface area contributed by atoms with Crippen molar-refractivity contribution in [3.8, 4) is 5.75 Å². The van der Waals surface area contributed by atoms with Crippen LogP contribution in [0.2, 0.25) is 0 Å². The van der Waals surface area contributed by atoms with E-state index in [9.17, 15) is 0 Å². The van der Waals surface area contributed by atoms with E-state index in [0.717, 1.165) is 5.75 Å². The van der Waals surface area contributed by atoms with Crippen molar-refractivity contribution in [3.63, 3.8) is 0 Å². The van der Waals surface area contributed by atoms with E-state index in [1.165, 1.54) is 0 Å². The first-order valence-corrected chi connectivity index (χ1v) is 5.95. The second-order valence-corrected chi connectivity index (χ2v) is 5.43. The molecular weight excluding hydrogens is 200 g/mol. The molecule has 70 valence electrons. The predicted molar refractivity (Wildman–Crippen MR) is 59.9 cm³/mol. The van der Waals surface area contributed by atoms with Gasteiger partial charge in [-0.15, -0.1) is 0 Å². The summed E-state index contributed by atoms with van der Waals surface area (Å²) in [5, 5.41) is 0. The van der Waals surface area contributed by atoms with Crippen LogP contribution < -0.4 is 4.52 Å². The van der Waals surface area contributed by atoms with Crippen LogP contribution in [0, 0.1) is 0 Å². The molecular formula is C9H13NOP2. The van der Waals surface area contributed by atoms with Crippen LogP contribution >= 0.6 is 17.3 Å². The average molecular weight is 213 g/mol. The zero-order valence-corrected chi connectivity index (χ0v) is 9.66. The molecule has 1 atom stereocenters. The second-order valence-electron chi connectivity index (χ2n) is 2.87. The van der Waals surface area contributed by atoms with Gasteiger partial charge in [0.1, 0.15) is 5.75 Å². The van der Waals surface area contributed by atoms with Crippen LogP contribution in [0.25, 0.3) is 0 Å². The molecule has 13 heavy (non-hydrogen) atoms. The highest BCUT2D eigenvalue weighted by atomic mass is 31.1. The van der Waals surface area contributed by atoms with Crippen LogP contribution in [-0.4, -0.2) is 5.66 Å². The van der Waals surface area contributed by atoms with Crippen molar-refractivity contribution >= 4 is 17.3 Å². The van der Waals surface area contributed by atoms with Crippen molar-refractivity contribution in [1.82, 2.24) is 0 Å². The van der Waals surface area contributed by atoms with Crippen molar-refractivity contribution in [1.29, 1.82) is 0 Å². The summed E-state index contributed by atoms with van der Waals surface area (Å²) in [6, 6.07) is 9.74. The van der Waals surface area contributed by atoms with Crippen LogP contribution in [0.3, 0.4) is 0 Å². The van der Waals surface area contributed by atoms with Gasteiger partial charge in [0.05, 0.1) is 0 Å². The lowest BCUT2D eigenvalue weighted by atomic mass is 10.3. The summed E-state index contributed by atoms with van der Waals surface area (Å²) in [6.45, 7) is 4.31. The van der Waals surface area contributed by atoms with Gasteiger partial charge in [-0.1, -0.05) is 32.0 Å². The number of rotatable bonds is 4. The van der Waals surface area contributed by atoms with Gasteiger partial charge in [0.25, 0.3) is 0 Å². The molecule has 1 aromatic rings. The van der Waals surface area contributed by atoms with E-state index in [1.807, 2.05) is 30.3 Å². The maximum atomic E-state index is 5.37. The fourth-order valence-electron chi connectivity index (χ4n) is 0.688. The molecule has 2 nitrogen and oxygen atoms in total. The van der Waals surface area contributed by atoms with Crippen molar-refractivity contribution in [3.05, 3.63) is 30.3 Å². The van der Waals surface area contributed by atoms with Gasteiger partial charge in [0.15, 0.2) is 0 Å². The summed E-state index contributed by atoms with van der Waals surface area (Å²) in [5.74, 6) is 0.876. The zero-order valence-electron chi connectivity index (χ0n) is 7.77. The molecule has 1 unspecified atom stereocenters. The molecule has 0 saturated carbocycles. The molecule has 0 bridgehead atoms. The van der Waals surface area contributed by atoms with E-state index in [1.54, 1.807) is 0 Å². The molecule has 1 aromatic carbocycles. The first kappa shape index (κ1) is 10.6. The lowest BCUT2D eigenvalue weighted by Gasteiger charge is -1.97. The molecule has 0 aliphatic rings. The minimum Gasteiger partial charge on any atom is -0.423 e. The first-order valence-electron chi connectivity index (χ1n) is 4.16. The summed E-state index contributed by atoms with van der Waals surface area (Å²) in [6.07, 6.45) is 0. The summed E-state index contributed by atoms with van der Waals surface area (Å²) >= 11 is 0. The zero-order chi connectivity index (χ0) is 9.52. The SMILES string of the molecule is CC(C)PN=POc1ccccc1. The second kappa shape index (κ2) is 6.07. The van der Waals surface area contributed by atoms with Crippen molar-refractivity contribution < 1.29 is 4.52 Å². The third kappa shape index (κ3) is 4.98. The Hall–Kier alpha value is -0.450. The van der Waals surface area contributed by atoms with Crippen LogP contribution in [0.15, 0.2) is 34.8 Å². The number of benzene rings is 1. The number of hydrogen-bond donors (Lipinski definition) is 0. The monoisotopic (exact) mass is 213 g/mol. The van der Waals surface area contributed by atoms with E-state index in [2.05, 4.69) is 18.4 Å². The molecule has 0 aromatic heterocycles. The Morgan fingerprint density at radius 3 is 2.62 bits per heavy atom. The van der Waals surface area contributed by atoms with Crippen LogP contribution in [0.4, 0.5) is 0 Å². The molecule has 0 N–H and O–H groups in total. The van der Waals surface area contributed by atoms with E-state index in [4.69, 9.17) is 4.52 Å². The smallest absolute Gasteiger partial charge is 0.245 e. The minimum atomic E-state index is 0.628.